The lowest BCUT2D eigenvalue weighted by Crippen LogP contribution is -2.71. The van der Waals surface area contributed by atoms with Crippen LogP contribution >= 0.6 is 0 Å². The first-order valence-corrected chi connectivity index (χ1v) is 14.6. The molecule has 3 aliphatic heterocycles. The average molecular weight is 533 g/mol. The van der Waals surface area contributed by atoms with Crippen molar-refractivity contribution in [1.29, 1.82) is 0 Å². The van der Waals surface area contributed by atoms with Crippen molar-refractivity contribution < 1.29 is 24.5 Å². The molecular formula is C32H40N2O5. The number of aromatic hydroxyl groups is 1. The molecule has 4 fully saturated rings. The number of amides is 1. The highest BCUT2D eigenvalue weighted by Gasteiger charge is 2.81. The first-order chi connectivity index (χ1) is 18.7. The predicted octanol–water partition coefficient (Wildman–Crippen LogP) is 3.84. The summed E-state index contributed by atoms with van der Waals surface area (Å²) in [4.78, 5) is 18.5. The van der Waals surface area contributed by atoms with Gasteiger partial charge in [-0.2, -0.15) is 0 Å². The minimum absolute atomic E-state index is 0.00739. The lowest BCUT2D eigenvalue weighted by Gasteiger charge is -2.59. The first-order valence-electron chi connectivity index (χ1n) is 14.6. The van der Waals surface area contributed by atoms with E-state index in [1.54, 1.807) is 12.0 Å². The molecule has 2 N–H and O–H groups in total. The first kappa shape index (κ1) is 25.4. The molecule has 1 saturated carbocycles. The van der Waals surface area contributed by atoms with E-state index >= 15 is 0 Å². The molecule has 1 amide bonds. The number of hydrogen-bond donors (Lipinski definition) is 2. The summed E-state index contributed by atoms with van der Waals surface area (Å²) < 4.78 is 12.7. The molecule has 3 heterocycles. The van der Waals surface area contributed by atoms with Gasteiger partial charge in [0, 0.05) is 36.7 Å². The maximum atomic E-state index is 14.3. The molecule has 0 radical (unpaired) electrons. The topological polar surface area (TPSA) is 82.5 Å². The maximum Gasteiger partial charge on any atom is 0.254 e. The Hall–Kier alpha value is -2.61. The summed E-state index contributed by atoms with van der Waals surface area (Å²) in [5.74, 6) is 0.677. The molecule has 0 aromatic heterocycles. The van der Waals surface area contributed by atoms with Crippen molar-refractivity contribution in [3.63, 3.8) is 0 Å². The highest BCUT2D eigenvalue weighted by molar-refractivity contribution is 5.87. The molecule has 2 aromatic rings. The van der Waals surface area contributed by atoms with Crippen LogP contribution in [0.1, 0.15) is 56.7 Å². The fourth-order valence-corrected chi connectivity index (χ4v) is 9.09. The number of piperidine rings is 1. The van der Waals surface area contributed by atoms with E-state index in [1.165, 1.54) is 12.8 Å². The monoisotopic (exact) mass is 532 g/mol. The van der Waals surface area contributed by atoms with Crippen LogP contribution in [0.3, 0.4) is 0 Å². The zero-order chi connectivity index (χ0) is 27.3. The molecule has 5 aliphatic rings. The van der Waals surface area contributed by atoms with E-state index < -0.39 is 28.8 Å². The van der Waals surface area contributed by atoms with Crippen molar-refractivity contribution in [2.75, 3.05) is 20.2 Å². The molecule has 39 heavy (non-hydrogen) atoms. The molecule has 2 aliphatic carbocycles. The Morgan fingerprint density at radius 3 is 2.56 bits per heavy atom. The zero-order valence-corrected chi connectivity index (χ0v) is 23.4. The molecule has 2 aromatic carbocycles. The molecule has 7 rings (SSSR count). The minimum Gasteiger partial charge on any atom is -0.504 e. The summed E-state index contributed by atoms with van der Waals surface area (Å²) in [7, 11) is 1.57. The van der Waals surface area contributed by atoms with Crippen LogP contribution in [0.5, 0.6) is 11.5 Å². The molecule has 7 nitrogen and oxygen atoms in total. The fraction of sp³-hybridized carbons (Fsp3) is 0.594. The van der Waals surface area contributed by atoms with Crippen molar-refractivity contribution in [3.05, 3.63) is 59.2 Å². The number of benzene rings is 2. The average Bonchev–Trinajstić information content (AvgIpc) is 3.57. The fourth-order valence-electron chi connectivity index (χ4n) is 9.09. The van der Waals surface area contributed by atoms with Gasteiger partial charge in [-0.1, -0.05) is 43.3 Å². The van der Waals surface area contributed by atoms with E-state index in [9.17, 15) is 15.0 Å². The van der Waals surface area contributed by atoms with E-state index in [0.717, 1.165) is 42.1 Å². The summed E-state index contributed by atoms with van der Waals surface area (Å²) in [5, 5.41) is 24.5. The lowest BCUT2D eigenvalue weighted by atomic mass is 9.52. The van der Waals surface area contributed by atoms with Crippen molar-refractivity contribution in [1.82, 2.24) is 9.80 Å². The second-order valence-corrected chi connectivity index (χ2v) is 12.8. The van der Waals surface area contributed by atoms with Gasteiger partial charge >= 0.3 is 0 Å². The molecule has 0 bridgehead atoms. The molecule has 208 valence electrons. The van der Waals surface area contributed by atoms with Crippen LogP contribution in [-0.2, 0) is 27.9 Å². The Morgan fingerprint density at radius 2 is 1.90 bits per heavy atom. The van der Waals surface area contributed by atoms with Crippen LogP contribution in [0.4, 0.5) is 0 Å². The third-order valence-corrected chi connectivity index (χ3v) is 11.1. The SMILES string of the molecule is CCC1(O)C2[C@H](OC3(C)C(C)N(CC4CC4)CC4Cc5ccc(OC)c(O)c5C423)C(=O)N1Cc1ccccc1. The predicted molar refractivity (Wildman–Crippen MR) is 146 cm³/mol. The van der Waals surface area contributed by atoms with Gasteiger partial charge in [0.25, 0.3) is 5.91 Å². The standard InChI is InChI=1S/C32H40N2O5/c1-5-31(37)28-27(29(36)34(31)17-20-9-7-6-8-10-20)39-30(3)19(2)33(16-21-11-12-21)18-23-15-22-13-14-24(38-4)26(35)25(22)32(23,28)30/h6-10,13-14,19,21,23,27-28,35,37H,5,11-12,15-18H2,1-4H3/t19?,23?,27-,28?,30?,31?,32?/m0/s1. The second-order valence-electron chi connectivity index (χ2n) is 12.8. The van der Waals surface area contributed by atoms with Gasteiger partial charge in [-0.3, -0.25) is 9.69 Å². The Labute approximate surface area is 230 Å². The summed E-state index contributed by atoms with van der Waals surface area (Å²) in [6, 6.07) is 13.8. The molecule has 3 saturated heterocycles. The number of phenols is 1. The Balaban J connectivity index is 1.43. The number of nitrogens with zero attached hydrogens (tertiary/aromatic N) is 2. The summed E-state index contributed by atoms with van der Waals surface area (Å²) in [5.41, 5.74) is -0.103. The molecule has 7 atom stereocenters. The maximum absolute atomic E-state index is 14.3. The van der Waals surface area contributed by atoms with E-state index in [0.29, 0.717) is 18.7 Å². The zero-order valence-electron chi connectivity index (χ0n) is 23.4. The smallest absolute Gasteiger partial charge is 0.254 e. The molecule has 7 heteroatoms. The number of carbonyl (C=O) groups is 1. The number of carbonyl (C=O) groups excluding carboxylic acids is 1. The van der Waals surface area contributed by atoms with Crippen LogP contribution in [0, 0.1) is 17.8 Å². The second kappa shape index (κ2) is 8.45. The van der Waals surface area contributed by atoms with Gasteiger partial charge in [0.05, 0.1) is 18.6 Å². The van der Waals surface area contributed by atoms with Gasteiger partial charge in [-0.15, -0.1) is 0 Å². The highest BCUT2D eigenvalue weighted by Crippen LogP contribution is 2.71. The minimum atomic E-state index is -1.43. The van der Waals surface area contributed by atoms with E-state index in [4.69, 9.17) is 9.47 Å². The van der Waals surface area contributed by atoms with Gasteiger partial charge in [0.1, 0.15) is 11.8 Å². The number of methoxy groups -OCH3 is 1. The number of aliphatic hydroxyl groups is 1. The summed E-state index contributed by atoms with van der Waals surface area (Å²) >= 11 is 0. The van der Waals surface area contributed by atoms with Gasteiger partial charge in [-0.05, 0) is 68.6 Å². The number of likely N-dealkylation sites (tertiary alicyclic amines) is 2. The highest BCUT2D eigenvalue weighted by atomic mass is 16.5. The van der Waals surface area contributed by atoms with Gasteiger partial charge in [0.15, 0.2) is 11.5 Å². The van der Waals surface area contributed by atoms with E-state index in [2.05, 4.69) is 24.8 Å². The normalized spacial score (nSPS) is 38.9. The van der Waals surface area contributed by atoms with Gasteiger partial charge in [-0.25, -0.2) is 0 Å². The number of fused-ring (bicyclic) bond motifs is 2. The third-order valence-electron chi connectivity index (χ3n) is 11.1. The molecule has 1 spiro atoms. The Morgan fingerprint density at radius 1 is 1.15 bits per heavy atom. The number of hydrogen-bond acceptors (Lipinski definition) is 6. The van der Waals surface area contributed by atoms with Crippen LogP contribution < -0.4 is 4.74 Å². The number of rotatable bonds is 6. The van der Waals surface area contributed by atoms with Crippen LogP contribution in [-0.4, -0.2) is 69.6 Å². The van der Waals surface area contributed by atoms with Crippen LogP contribution in [0.25, 0.3) is 0 Å². The van der Waals surface area contributed by atoms with Crippen molar-refractivity contribution in [3.8, 4) is 11.5 Å². The van der Waals surface area contributed by atoms with Crippen molar-refractivity contribution >= 4 is 5.91 Å². The quantitative estimate of drug-likeness (QED) is 0.589. The number of ether oxygens (including phenoxy) is 2. The van der Waals surface area contributed by atoms with Gasteiger partial charge < -0.3 is 24.6 Å². The third kappa shape index (κ3) is 3.12. The van der Waals surface area contributed by atoms with Crippen LogP contribution in [0.15, 0.2) is 42.5 Å². The number of phenolic OH excluding ortho intramolecular Hbond substituents is 1. The van der Waals surface area contributed by atoms with E-state index in [-0.39, 0.29) is 23.6 Å². The summed E-state index contributed by atoms with van der Waals surface area (Å²) in [6.07, 6.45) is 2.90. The van der Waals surface area contributed by atoms with Crippen molar-refractivity contribution in [2.45, 2.75) is 81.9 Å². The Bertz CT molecular complexity index is 1310. The van der Waals surface area contributed by atoms with Crippen LogP contribution in [0.2, 0.25) is 0 Å². The molecule has 6 unspecified atom stereocenters. The molecular weight excluding hydrogens is 492 g/mol. The lowest BCUT2D eigenvalue weighted by molar-refractivity contribution is -0.191. The van der Waals surface area contributed by atoms with E-state index in [1.807, 2.05) is 43.3 Å². The largest absolute Gasteiger partial charge is 0.504 e. The summed E-state index contributed by atoms with van der Waals surface area (Å²) in [6.45, 7) is 8.51. The van der Waals surface area contributed by atoms with Crippen molar-refractivity contribution in [2.24, 2.45) is 17.8 Å². The Kier molecular flexibility index (Phi) is 5.49. The van der Waals surface area contributed by atoms with Gasteiger partial charge in [0.2, 0.25) is 0 Å².